The van der Waals surface area contributed by atoms with E-state index in [1.54, 1.807) is 13.2 Å². The molecule has 2 bridgehead atoms. The van der Waals surface area contributed by atoms with E-state index in [1.165, 1.54) is 0 Å². The summed E-state index contributed by atoms with van der Waals surface area (Å²) in [6.45, 7) is 0.894. The first kappa shape index (κ1) is 12.8. The predicted molar refractivity (Wildman–Crippen MR) is 78.6 cm³/mol. The van der Waals surface area contributed by atoms with E-state index in [1.807, 2.05) is 0 Å². The molecule has 5 heteroatoms. The van der Waals surface area contributed by atoms with Crippen molar-refractivity contribution in [3.8, 4) is 17.2 Å². The lowest BCUT2D eigenvalue weighted by atomic mass is 9.52. The van der Waals surface area contributed by atoms with E-state index in [0.717, 1.165) is 36.9 Å². The van der Waals surface area contributed by atoms with Crippen LogP contribution in [0.5, 0.6) is 17.2 Å². The highest BCUT2D eigenvalue weighted by Gasteiger charge is 2.65. The van der Waals surface area contributed by atoms with Crippen LogP contribution in [0.15, 0.2) is 6.07 Å². The van der Waals surface area contributed by atoms with Crippen molar-refractivity contribution < 1.29 is 19.4 Å². The molecule has 0 aromatic heterocycles. The van der Waals surface area contributed by atoms with Crippen LogP contribution < -0.4 is 14.8 Å². The zero-order chi connectivity index (χ0) is 15.1. The SMILES string of the molecule is COc1cc(O)c2c3c1O[C@H]1C(=O)CC[C@H]4[C@@H](C2)NCC[C@]314. The number of hydrogen-bond acceptors (Lipinski definition) is 5. The van der Waals surface area contributed by atoms with E-state index in [2.05, 4.69) is 5.32 Å². The quantitative estimate of drug-likeness (QED) is 0.818. The van der Waals surface area contributed by atoms with Gasteiger partial charge in [0, 0.05) is 35.1 Å². The minimum Gasteiger partial charge on any atom is -0.508 e. The van der Waals surface area contributed by atoms with Gasteiger partial charge in [0.25, 0.3) is 0 Å². The largest absolute Gasteiger partial charge is 0.508 e. The third-order valence-corrected chi connectivity index (χ3v) is 6.23. The third-order valence-electron chi connectivity index (χ3n) is 6.23. The molecule has 1 aromatic carbocycles. The molecule has 1 saturated carbocycles. The summed E-state index contributed by atoms with van der Waals surface area (Å²) in [7, 11) is 1.58. The summed E-state index contributed by atoms with van der Waals surface area (Å²) in [5.74, 6) is 2.11. The van der Waals surface area contributed by atoms with Crippen LogP contribution >= 0.6 is 0 Å². The molecule has 2 N–H and O–H groups in total. The summed E-state index contributed by atoms with van der Waals surface area (Å²) in [5.41, 5.74) is 1.74. The Morgan fingerprint density at radius 1 is 1.50 bits per heavy atom. The Kier molecular flexibility index (Phi) is 2.30. The highest BCUT2D eigenvalue weighted by atomic mass is 16.5. The summed E-state index contributed by atoms with van der Waals surface area (Å²) in [5, 5.41) is 14.1. The lowest BCUT2D eigenvalue weighted by Gasteiger charge is -2.54. The fraction of sp³-hybridized carbons (Fsp3) is 0.588. The number of carbonyl (C=O) groups is 1. The lowest BCUT2D eigenvalue weighted by molar-refractivity contribution is -0.135. The highest BCUT2D eigenvalue weighted by molar-refractivity contribution is 5.89. The Hall–Kier alpha value is -1.75. The predicted octanol–water partition coefficient (Wildman–Crippen LogP) is 1.30. The minimum atomic E-state index is -0.402. The topological polar surface area (TPSA) is 67.8 Å². The van der Waals surface area contributed by atoms with Crippen molar-refractivity contribution in [1.29, 1.82) is 0 Å². The maximum Gasteiger partial charge on any atom is 0.174 e. The maximum atomic E-state index is 12.6. The van der Waals surface area contributed by atoms with E-state index in [4.69, 9.17) is 9.47 Å². The van der Waals surface area contributed by atoms with Gasteiger partial charge in [0.05, 0.1) is 7.11 Å². The van der Waals surface area contributed by atoms with Gasteiger partial charge in [-0.2, -0.15) is 0 Å². The van der Waals surface area contributed by atoms with Gasteiger partial charge >= 0.3 is 0 Å². The number of phenols is 1. The Balaban J connectivity index is 1.85. The lowest BCUT2D eigenvalue weighted by Crippen LogP contribution is -2.65. The number of piperidine rings is 1. The zero-order valence-electron chi connectivity index (χ0n) is 12.5. The molecule has 4 atom stereocenters. The standard InChI is InChI=1S/C17H19NO4/c1-21-13-7-12(20)8-6-10-9-2-3-11(19)16-17(9,4-5-18-10)14(8)15(13)22-16/h7,9-10,16,18,20H,2-6H2,1H3/t9-,10+,16-,17-/m0/s1. The summed E-state index contributed by atoms with van der Waals surface area (Å²) >= 11 is 0. The summed E-state index contributed by atoms with van der Waals surface area (Å²) < 4.78 is 11.6. The van der Waals surface area contributed by atoms with Gasteiger partial charge in [0.15, 0.2) is 23.4 Å². The number of phenolic OH excluding ortho intramolecular Hbond substituents is 1. The average molecular weight is 301 g/mol. The second kappa shape index (κ2) is 3.96. The number of ketones is 1. The van der Waals surface area contributed by atoms with Crippen molar-refractivity contribution in [2.45, 2.75) is 43.2 Å². The van der Waals surface area contributed by atoms with Crippen molar-refractivity contribution in [1.82, 2.24) is 5.32 Å². The first-order chi connectivity index (χ1) is 10.7. The third kappa shape index (κ3) is 1.24. The molecule has 0 radical (unpaired) electrons. The van der Waals surface area contributed by atoms with Crippen molar-refractivity contribution in [3.05, 3.63) is 17.2 Å². The van der Waals surface area contributed by atoms with Crippen molar-refractivity contribution in [2.75, 3.05) is 13.7 Å². The van der Waals surface area contributed by atoms with Gasteiger partial charge < -0.3 is 19.9 Å². The average Bonchev–Trinajstić information content (AvgIpc) is 2.84. The molecule has 2 aliphatic heterocycles. The van der Waals surface area contributed by atoms with Crippen LogP contribution in [0.4, 0.5) is 0 Å². The number of carbonyl (C=O) groups excluding carboxylic acids is 1. The first-order valence-electron chi connectivity index (χ1n) is 8.03. The van der Waals surface area contributed by atoms with Gasteiger partial charge in [-0.05, 0) is 31.7 Å². The molecule has 2 aliphatic carbocycles. The van der Waals surface area contributed by atoms with Crippen molar-refractivity contribution >= 4 is 5.78 Å². The van der Waals surface area contributed by atoms with Crippen molar-refractivity contribution in [3.63, 3.8) is 0 Å². The highest BCUT2D eigenvalue weighted by Crippen LogP contribution is 2.63. The number of ether oxygens (including phenoxy) is 2. The number of nitrogens with one attached hydrogen (secondary N) is 1. The Labute approximate surface area is 128 Å². The van der Waals surface area contributed by atoms with Gasteiger partial charge in [-0.15, -0.1) is 0 Å². The van der Waals surface area contributed by atoms with E-state index in [0.29, 0.717) is 29.9 Å². The molecule has 2 heterocycles. The van der Waals surface area contributed by atoms with Gasteiger partial charge in [0.2, 0.25) is 0 Å². The van der Waals surface area contributed by atoms with E-state index in [9.17, 15) is 9.90 Å². The van der Waals surface area contributed by atoms with Gasteiger partial charge in [-0.1, -0.05) is 0 Å². The maximum absolute atomic E-state index is 12.6. The Morgan fingerprint density at radius 2 is 2.36 bits per heavy atom. The Morgan fingerprint density at radius 3 is 3.18 bits per heavy atom. The van der Waals surface area contributed by atoms with Gasteiger partial charge in [-0.25, -0.2) is 0 Å². The zero-order valence-corrected chi connectivity index (χ0v) is 12.5. The number of hydrogen-bond donors (Lipinski definition) is 2. The molecular weight excluding hydrogens is 282 g/mol. The van der Waals surface area contributed by atoms with E-state index in [-0.39, 0.29) is 16.9 Å². The molecule has 116 valence electrons. The van der Waals surface area contributed by atoms with Gasteiger partial charge in [0.1, 0.15) is 5.75 Å². The van der Waals surface area contributed by atoms with Crippen LogP contribution in [0.3, 0.4) is 0 Å². The molecule has 0 amide bonds. The molecule has 5 rings (SSSR count). The molecule has 2 fully saturated rings. The molecule has 1 aromatic rings. The fourth-order valence-corrected chi connectivity index (χ4v) is 5.45. The van der Waals surface area contributed by atoms with Crippen LogP contribution in [0.25, 0.3) is 0 Å². The molecule has 0 unspecified atom stereocenters. The molecule has 1 spiro atoms. The number of aromatic hydroxyl groups is 1. The van der Waals surface area contributed by atoms with Crippen LogP contribution in [-0.2, 0) is 16.6 Å². The number of Topliss-reactive ketones (excluding diaryl/α,β-unsaturated/α-hetero) is 1. The number of benzene rings is 1. The molecular formula is C17H19NO4. The van der Waals surface area contributed by atoms with Gasteiger partial charge in [-0.3, -0.25) is 4.79 Å². The summed E-state index contributed by atoms with van der Waals surface area (Å²) in [4.78, 5) is 12.6. The van der Waals surface area contributed by atoms with Crippen LogP contribution in [0.1, 0.15) is 30.4 Å². The monoisotopic (exact) mass is 301 g/mol. The fourth-order valence-electron chi connectivity index (χ4n) is 5.45. The van der Waals surface area contributed by atoms with E-state index >= 15 is 0 Å². The summed E-state index contributed by atoms with van der Waals surface area (Å²) in [6.07, 6.45) is 2.78. The van der Waals surface area contributed by atoms with Crippen molar-refractivity contribution in [2.24, 2.45) is 5.92 Å². The van der Waals surface area contributed by atoms with Crippen LogP contribution in [0.2, 0.25) is 0 Å². The molecule has 1 saturated heterocycles. The second-order valence-electron chi connectivity index (χ2n) is 6.95. The molecule has 22 heavy (non-hydrogen) atoms. The van der Waals surface area contributed by atoms with E-state index < -0.39 is 6.10 Å². The summed E-state index contributed by atoms with van der Waals surface area (Å²) in [6, 6.07) is 1.95. The molecule has 5 nitrogen and oxygen atoms in total. The normalized spacial score (nSPS) is 37.5. The second-order valence-corrected chi connectivity index (χ2v) is 6.95. The molecule has 4 aliphatic rings. The van der Waals surface area contributed by atoms with Crippen LogP contribution in [-0.4, -0.2) is 36.7 Å². The van der Waals surface area contributed by atoms with Crippen LogP contribution in [0, 0.1) is 5.92 Å². The minimum absolute atomic E-state index is 0.197. The Bertz CT molecular complexity index is 700. The first-order valence-corrected chi connectivity index (χ1v) is 8.03. The smallest absolute Gasteiger partial charge is 0.174 e. The number of methoxy groups -OCH3 is 1. The number of rotatable bonds is 1.